The van der Waals surface area contributed by atoms with E-state index in [2.05, 4.69) is 25.8 Å². The van der Waals surface area contributed by atoms with E-state index >= 15 is 0 Å². The summed E-state index contributed by atoms with van der Waals surface area (Å²) < 4.78 is 33.9. The molecule has 2 aliphatic heterocycles. The molecule has 38 heavy (non-hydrogen) atoms. The molecule has 1 amide bonds. The van der Waals surface area contributed by atoms with Crippen molar-refractivity contribution in [2.45, 2.75) is 11.8 Å². The number of aryl methyl sites for hydroxylation is 1. The topological polar surface area (TPSA) is 96.7 Å². The van der Waals surface area contributed by atoms with Crippen LogP contribution in [-0.2, 0) is 7.05 Å². The fraction of sp³-hybridized carbons (Fsp3) is 0.259. The van der Waals surface area contributed by atoms with E-state index in [1.807, 2.05) is 42.6 Å². The normalized spacial score (nSPS) is 17.8. The van der Waals surface area contributed by atoms with E-state index in [4.69, 9.17) is 4.74 Å². The fourth-order valence-corrected chi connectivity index (χ4v) is 4.84. The standard InChI is InChI=1S/C27H25F2N7O2/c1-35-21-10-17(4-3-16(21)9-22(35)26(37)36-14-27(28,29)15-36)25-30-8-7-24(34-25)33-19-5-6-20(23(11-19)38-2)18-12-31-32-13-18/h3-12,18,32H,13-15H2,1-2H3,(H,30,33,34). The number of halogens is 2. The predicted molar refractivity (Wildman–Crippen MR) is 140 cm³/mol. The summed E-state index contributed by atoms with van der Waals surface area (Å²) in [7, 11) is 3.39. The number of anilines is 2. The maximum atomic E-state index is 13.3. The number of hydrogen-bond acceptors (Lipinski definition) is 7. The SMILES string of the molecule is COc1cc(Nc2ccnc(-c3ccc4cc(C(=O)N5CC(F)(F)C5)n(C)c4c3)n2)ccc1C1C=NNC1. The number of rotatable bonds is 6. The van der Waals surface area contributed by atoms with Crippen LogP contribution < -0.4 is 15.5 Å². The number of likely N-dealkylation sites (tertiary alicyclic amines) is 1. The van der Waals surface area contributed by atoms with Crippen LogP contribution in [0.3, 0.4) is 0 Å². The van der Waals surface area contributed by atoms with Gasteiger partial charge in [-0.15, -0.1) is 0 Å². The lowest BCUT2D eigenvalue weighted by Gasteiger charge is -2.38. The molecule has 0 aliphatic carbocycles. The lowest BCUT2D eigenvalue weighted by Crippen LogP contribution is -2.58. The molecule has 11 heteroatoms. The van der Waals surface area contributed by atoms with Gasteiger partial charge in [-0.25, -0.2) is 18.7 Å². The van der Waals surface area contributed by atoms with Gasteiger partial charge in [0.05, 0.1) is 20.2 Å². The zero-order valence-electron chi connectivity index (χ0n) is 20.8. The summed E-state index contributed by atoms with van der Waals surface area (Å²) in [5, 5.41) is 8.23. The van der Waals surface area contributed by atoms with Gasteiger partial charge in [0.25, 0.3) is 11.8 Å². The summed E-state index contributed by atoms with van der Waals surface area (Å²) in [6.07, 6.45) is 3.54. The average molecular weight is 518 g/mol. The van der Waals surface area contributed by atoms with Crippen molar-refractivity contribution in [2.24, 2.45) is 12.1 Å². The summed E-state index contributed by atoms with van der Waals surface area (Å²) >= 11 is 0. The van der Waals surface area contributed by atoms with Crippen LogP contribution in [0.5, 0.6) is 5.75 Å². The minimum Gasteiger partial charge on any atom is -0.496 e. The molecular formula is C27H25F2N7O2. The van der Waals surface area contributed by atoms with Gasteiger partial charge in [-0.1, -0.05) is 18.2 Å². The van der Waals surface area contributed by atoms with Crippen molar-refractivity contribution in [3.63, 3.8) is 0 Å². The van der Waals surface area contributed by atoms with Crippen molar-refractivity contribution < 1.29 is 18.3 Å². The molecule has 0 radical (unpaired) electrons. The number of amides is 1. The first-order valence-corrected chi connectivity index (χ1v) is 12.1. The van der Waals surface area contributed by atoms with E-state index in [1.165, 1.54) is 0 Å². The molecule has 4 aromatic rings. The number of hydrazone groups is 1. The van der Waals surface area contributed by atoms with Crippen molar-refractivity contribution in [2.75, 3.05) is 32.1 Å². The number of nitrogens with zero attached hydrogens (tertiary/aromatic N) is 5. The highest BCUT2D eigenvalue weighted by Crippen LogP contribution is 2.32. The van der Waals surface area contributed by atoms with Gasteiger partial charge in [0, 0.05) is 65.7 Å². The van der Waals surface area contributed by atoms with Crippen molar-refractivity contribution >= 4 is 34.5 Å². The number of aromatic nitrogens is 3. The molecule has 1 unspecified atom stereocenters. The van der Waals surface area contributed by atoms with Gasteiger partial charge in [0.15, 0.2) is 5.82 Å². The molecule has 1 saturated heterocycles. The van der Waals surface area contributed by atoms with Gasteiger partial charge in [-0.3, -0.25) is 4.79 Å². The number of ether oxygens (including phenoxy) is 1. The van der Waals surface area contributed by atoms with Gasteiger partial charge in [0.1, 0.15) is 17.3 Å². The van der Waals surface area contributed by atoms with E-state index in [0.29, 0.717) is 17.3 Å². The highest BCUT2D eigenvalue weighted by molar-refractivity contribution is 6.00. The number of carbonyl (C=O) groups excluding carboxylic acids is 1. The molecule has 1 fully saturated rings. The minimum absolute atomic E-state index is 0.153. The number of benzene rings is 2. The second-order valence-electron chi connectivity index (χ2n) is 9.47. The number of methoxy groups -OCH3 is 1. The summed E-state index contributed by atoms with van der Waals surface area (Å²) in [4.78, 5) is 23.0. The number of hydrogen-bond donors (Lipinski definition) is 2. The average Bonchev–Trinajstić information content (AvgIpc) is 3.55. The van der Waals surface area contributed by atoms with E-state index in [-0.39, 0.29) is 5.92 Å². The summed E-state index contributed by atoms with van der Waals surface area (Å²) in [5.74, 6) is -1.19. The predicted octanol–water partition coefficient (Wildman–Crippen LogP) is 4.15. The first kappa shape index (κ1) is 23.8. The fourth-order valence-electron chi connectivity index (χ4n) is 4.84. The number of nitrogens with one attached hydrogen (secondary N) is 2. The van der Waals surface area contributed by atoms with Crippen LogP contribution in [0.1, 0.15) is 22.0 Å². The molecule has 9 nitrogen and oxygen atoms in total. The molecule has 0 saturated carbocycles. The Morgan fingerprint density at radius 3 is 2.74 bits per heavy atom. The second kappa shape index (κ2) is 9.09. The van der Waals surface area contributed by atoms with Gasteiger partial charge < -0.3 is 24.9 Å². The molecule has 4 heterocycles. The third-order valence-electron chi connectivity index (χ3n) is 6.87. The van der Waals surface area contributed by atoms with Crippen molar-refractivity contribution in [1.29, 1.82) is 0 Å². The first-order valence-electron chi connectivity index (χ1n) is 12.1. The Kier molecular flexibility index (Phi) is 5.70. The first-order chi connectivity index (χ1) is 18.3. The molecule has 2 aromatic heterocycles. The summed E-state index contributed by atoms with van der Waals surface area (Å²) in [6.45, 7) is -0.368. The molecule has 2 aliphatic rings. The van der Waals surface area contributed by atoms with Crippen LogP contribution in [0.15, 0.2) is 59.8 Å². The Hall–Kier alpha value is -4.54. The molecule has 0 bridgehead atoms. The maximum Gasteiger partial charge on any atom is 0.282 e. The molecular weight excluding hydrogens is 492 g/mol. The van der Waals surface area contributed by atoms with Crippen molar-refractivity contribution in [1.82, 2.24) is 24.9 Å². The molecule has 2 N–H and O–H groups in total. The molecule has 1 atom stereocenters. The van der Waals surface area contributed by atoms with Gasteiger partial charge in [-0.05, 0) is 24.3 Å². The van der Waals surface area contributed by atoms with Crippen LogP contribution in [0.2, 0.25) is 0 Å². The third-order valence-corrected chi connectivity index (χ3v) is 6.87. The Morgan fingerprint density at radius 2 is 2.00 bits per heavy atom. The zero-order valence-corrected chi connectivity index (χ0v) is 20.8. The smallest absolute Gasteiger partial charge is 0.282 e. The maximum absolute atomic E-state index is 13.3. The highest BCUT2D eigenvalue weighted by atomic mass is 19.3. The molecule has 2 aromatic carbocycles. The molecule has 0 spiro atoms. The van der Waals surface area contributed by atoms with Crippen LogP contribution in [0, 0.1) is 0 Å². The number of alkyl halides is 2. The third kappa shape index (κ3) is 4.29. The molecule has 194 valence electrons. The van der Waals surface area contributed by atoms with E-state index in [0.717, 1.165) is 44.9 Å². The van der Waals surface area contributed by atoms with Crippen molar-refractivity contribution in [3.05, 3.63) is 66.0 Å². The largest absolute Gasteiger partial charge is 0.496 e. The second-order valence-corrected chi connectivity index (χ2v) is 9.47. The van der Waals surface area contributed by atoms with Gasteiger partial charge in [-0.2, -0.15) is 5.10 Å². The Balaban J connectivity index is 1.25. The highest BCUT2D eigenvalue weighted by Gasteiger charge is 2.46. The Bertz CT molecular complexity index is 1580. The molecule has 6 rings (SSSR count). The van der Waals surface area contributed by atoms with Crippen molar-refractivity contribution in [3.8, 4) is 17.1 Å². The van der Waals surface area contributed by atoms with E-state index in [9.17, 15) is 13.6 Å². The lowest BCUT2D eigenvalue weighted by atomic mass is 9.99. The van der Waals surface area contributed by atoms with Gasteiger partial charge in [0.2, 0.25) is 0 Å². The zero-order chi connectivity index (χ0) is 26.4. The Morgan fingerprint density at radius 1 is 1.16 bits per heavy atom. The van der Waals surface area contributed by atoms with Crippen LogP contribution in [-0.4, -0.2) is 64.2 Å². The number of carbonyl (C=O) groups is 1. The summed E-state index contributed by atoms with van der Waals surface area (Å²) in [6, 6.07) is 15.0. The quantitative estimate of drug-likeness (QED) is 0.399. The van der Waals surface area contributed by atoms with Crippen LogP contribution in [0.4, 0.5) is 20.3 Å². The van der Waals surface area contributed by atoms with Crippen LogP contribution in [0.25, 0.3) is 22.3 Å². The number of fused-ring (bicyclic) bond motifs is 1. The van der Waals surface area contributed by atoms with E-state index < -0.39 is 24.9 Å². The van der Waals surface area contributed by atoms with Crippen LogP contribution >= 0.6 is 0 Å². The van der Waals surface area contributed by atoms with E-state index in [1.54, 1.807) is 37.1 Å². The van der Waals surface area contributed by atoms with Gasteiger partial charge >= 0.3 is 0 Å². The monoisotopic (exact) mass is 517 g/mol. The Labute approximate surface area is 217 Å². The summed E-state index contributed by atoms with van der Waals surface area (Å²) in [5.41, 5.74) is 6.74. The minimum atomic E-state index is -2.81. The lowest BCUT2D eigenvalue weighted by molar-refractivity contribution is -0.113.